The van der Waals surface area contributed by atoms with Gasteiger partial charge >= 0.3 is 11.9 Å². The van der Waals surface area contributed by atoms with Crippen molar-refractivity contribution in [3.63, 3.8) is 0 Å². The minimum absolute atomic E-state index is 0.0524. The highest BCUT2D eigenvalue weighted by Crippen LogP contribution is 1.98. The number of ether oxygens (including phenoxy) is 1. The molecule has 0 aliphatic heterocycles. The number of nitrogens with two attached hydrogens (primary N) is 1. The lowest BCUT2D eigenvalue weighted by Crippen LogP contribution is -2.32. The maximum Gasteiger partial charge on any atom is 0.327 e. The van der Waals surface area contributed by atoms with Crippen LogP contribution in [0.1, 0.15) is 12.6 Å². The average molecular weight is 242 g/mol. The van der Waals surface area contributed by atoms with E-state index in [9.17, 15) is 9.59 Å². The fraction of sp³-hybridized carbons (Fsp3) is 0.556. The van der Waals surface area contributed by atoms with Gasteiger partial charge in [-0.15, -0.1) is 5.10 Å². The zero-order chi connectivity index (χ0) is 12.8. The molecule has 1 aromatic heterocycles. The number of nitrogens with zero attached hydrogens (tertiary/aromatic N) is 3. The number of aromatic nitrogens is 3. The molecule has 0 saturated heterocycles. The van der Waals surface area contributed by atoms with Gasteiger partial charge in [-0.25, -0.2) is 4.68 Å². The first-order valence-corrected chi connectivity index (χ1v) is 5.06. The molecule has 8 heteroatoms. The molecule has 1 heterocycles. The Morgan fingerprint density at radius 3 is 2.94 bits per heavy atom. The van der Waals surface area contributed by atoms with E-state index in [1.54, 1.807) is 6.92 Å². The molecule has 1 rings (SSSR count). The van der Waals surface area contributed by atoms with Gasteiger partial charge in [0.25, 0.3) is 0 Å². The van der Waals surface area contributed by atoms with Gasteiger partial charge in [-0.2, -0.15) is 0 Å². The zero-order valence-electron chi connectivity index (χ0n) is 9.37. The molecule has 8 nitrogen and oxygen atoms in total. The summed E-state index contributed by atoms with van der Waals surface area (Å²) < 4.78 is 6.01. The number of carbonyl (C=O) groups excluding carboxylic acids is 1. The number of carboxylic acid groups (broad SMARTS) is 1. The molecule has 0 spiro atoms. The zero-order valence-corrected chi connectivity index (χ0v) is 9.37. The minimum Gasteiger partial charge on any atom is -0.480 e. The third-order valence-electron chi connectivity index (χ3n) is 1.93. The van der Waals surface area contributed by atoms with Crippen LogP contribution in [0.3, 0.4) is 0 Å². The van der Waals surface area contributed by atoms with Crippen LogP contribution in [0, 0.1) is 0 Å². The molecule has 0 amide bonds. The fourth-order valence-corrected chi connectivity index (χ4v) is 1.16. The first-order chi connectivity index (χ1) is 8.02. The SMILES string of the molecule is CCOC(=O)Cn1cc(CC(N)C(=O)O)nn1. The normalized spacial score (nSPS) is 12.1. The maximum absolute atomic E-state index is 11.1. The summed E-state index contributed by atoms with van der Waals surface area (Å²) in [6.07, 6.45) is 1.54. The van der Waals surface area contributed by atoms with Crippen molar-refractivity contribution in [2.45, 2.75) is 25.9 Å². The summed E-state index contributed by atoms with van der Waals surface area (Å²) in [6.45, 7) is 1.95. The topological polar surface area (TPSA) is 120 Å². The predicted octanol–water partition coefficient (Wildman–Crippen LogP) is -1.20. The molecule has 0 fully saturated rings. The van der Waals surface area contributed by atoms with Gasteiger partial charge in [0.2, 0.25) is 0 Å². The Kier molecular flexibility index (Phi) is 4.58. The minimum atomic E-state index is -1.11. The van der Waals surface area contributed by atoms with E-state index >= 15 is 0 Å². The van der Waals surface area contributed by atoms with Crippen molar-refractivity contribution >= 4 is 11.9 Å². The lowest BCUT2D eigenvalue weighted by molar-refractivity contribution is -0.144. The first-order valence-electron chi connectivity index (χ1n) is 5.06. The summed E-state index contributed by atoms with van der Waals surface area (Å²) in [5.74, 6) is -1.53. The number of carboxylic acids is 1. The van der Waals surface area contributed by atoms with Gasteiger partial charge in [0.05, 0.1) is 12.3 Å². The standard InChI is InChI=1S/C9H14N4O4/c1-2-17-8(14)5-13-4-6(11-12-13)3-7(10)9(15)16/h4,7H,2-3,5,10H2,1H3,(H,15,16). The second-order valence-electron chi connectivity index (χ2n) is 3.36. The van der Waals surface area contributed by atoms with Gasteiger partial charge in [0, 0.05) is 12.6 Å². The Morgan fingerprint density at radius 1 is 1.65 bits per heavy atom. The quantitative estimate of drug-likeness (QED) is 0.601. The Hall–Kier alpha value is -1.96. The van der Waals surface area contributed by atoms with Crippen LogP contribution in [-0.4, -0.2) is 44.7 Å². The van der Waals surface area contributed by atoms with E-state index in [-0.39, 0.29) is 13.0 Å². The first kappa shape index (κ1) is 13.1. The predicted molar refractivity (Wildman–Crippen MR) is 56.0 cm³/mol. The van der Waals surface area contributed by atoms with E-state index in [1.807, 2.05) is 0 Å². The summed E-state index contributed by atoms with van der Waals surface area (Å²) in [5, 5.41) is 16.0. The summed E-state index contributed by atoms with van der Waals surface area (Å²) in [7, 11) is 0. The van der Waals surface area contributed by atoms with Crippen molar-refractivity contribution in [1.82, 2.24) is 15.0 Å². The Balaban J connectivity index is 2.53. The fourth-order valence-electron chi connectivity index (χ4n) is 1.16. The van der Waals surface area contributed by atoms with Crippen molar-refractivity contribution in [2.24, 2.45) is 5.73 Å². The van der Waals surface area contributed by atoms with Gasteiger partial charge in [-0.3, -0.25) is 9.59 Å². The van der Waals surface area contributed by atoms with Crippen LogP contribution in [0.2, 0.25) is 0 Å². The number of esters is 1. The molecular weight excluding hydrogens is 228 g/mol. The second kappa shape index (κ2) is 5.94. The molecule has 1 unspecified atom stereocenters. The van der Waals surface area contributed by atoms with Crippen molar-refractivity contribution in [3.8, 4) is 0 Å². The summed E-state index contributed by atoms with van der Waals surface area (Å²) >= 11 is 0. The highest BCUT2D eigenvalue weighted by atomic mass is 16.5. The highest BCUT2D eigenvalue weighted by Gasteiger charge is 2.15. The van der Waals surface area contributed by atoms with Crippen LogP contribution in [0.4, 0.5) is 0 Å². The van der Waals surface area contributed by atoms with Crippen LogP contribution >= 0.6 is 0 Å². The van der Waals surface area contributed by atoms with Crippen LogP contribution in [0.25, 0.3) is 0 Å². The molecular formula is C9H14N4O4. The smallest absolute Gasteiger partial charge is 0.327 e. The van der Waals surface area contributed by atoms with Crippen molar-refractivity contribution in [1.29, 1.82) is 0 Å². The molecule has 0 aliphatic carbocycles. The molecule has 94 valence electrons. The van der Waals surface area contributed by atoms with E-state index in [2.05, 4.69) is 10.3 Å². The number of aliphatic carboxylic acids is 1. The average Bonchev–Trinajstić information content (AvgIpc) is 2.65. The van der Waals surface area contributed by atoms with Crippen LogP contribution in [-0.2, 0) is 27.3 Å². The molecule has 0 aromatic carbocycles. The summed E-state index contributed by atoms with van der Waals surface area (Å²) in [5.41, 5.74) is 5.76. The Bertz CT molecular complexity index is 403. The summed E-state index contributed by atoms with van der Waals surface area (Å²) in [6, 6.07) is -1.03. The van der Waals surface area contributed by atoms with E-state index < -0.39 is 18.0 Å². The van der Waals surface area contributed by atoms with Crippen molar-refractivity contribution in [2.75, 3.05) is 6.61 Å². The van der Waals surface area contributed by atoms with Crippen molar-refractivity contribution in [3.05, 3.63) is 11.9 Å². The summed E-state index contributed by atoms with van der Waals surface area (Å²) in [4.78, 5) is 21.6. The van der Waals surface area contributed by atoms with Crippen LogP contribution < -0.4 is 5.73 Å². The molecule has 0 radical (unpaired) electrons. The monoisotopic (exact) mass is 242 g/mol. The molecule has 1 aromatic rings. The Morgan fingerprint density at radius 2 is 2.35 bits per heavy atom. The van der Waals surface area contributed by atoms with Gasteiger partial charge in [0.1, 0.15) is 12.6 Å². The van der Waals surface area contributed by atoms with E-state index in [0.717, 1.165) is 0 Å². The number of hydrogen-bond acceptors (Lipinski definition) is 6. The third-order valence-corrected chi connectivity index (χ3v) is 1.93. The van der Waals surface area contributed by atoms with E-state index in [1.165, 1.54) is 10.9 Å². The van der Waals surface area contributed by atoms with Gasteiger partial charge in [-0.05, 0) is 6.92 Å². The second-order valence-corrected chi connectivity index (χ2v) is 3.36. The molecule has 0 aliphatic rings. The van der Waals surface area contributed by atoms with Gasteiger partial charge < -0.3 is 15.6 Å². The highest BCUT2D eigenvalue weighted by molar-refractivity contribution is 5.73. The molecule has 0 saturated carbocycles. The van der Waals surface area contributed by atoms with Gasteiger partial charge in [0.15, 0.2) is 0 Å². The van der Waals surface area contributed by atoms with Gasteiger partial charge in [-0.1, -0.05) is 5.21 Å². The number of carbonyl (C=O) groups is 2. The third kappa shape index (κ3) is 4.19. The molecule has 1 atom stereocenters. The molecule has 3 N–H and O–H groups in total. The largest absolute Gasteiger partial charge is 0.480 e. The number of rotatable bonds is 6. The van der Waals surface area contributed by atoms with E-state index in [0.29, 0.717) is 12.3 Å². The van der Waals surface area contributed by atoms with Crippen LogP contribution in [0.15, 0.2) is 6.20 Å². The maximum atomic E-state index is 11.1. The van der Waals surface area contributed by atoms with Crippen LogP contribution in [0.5, 0.6) is 0 Å². The van der Waals surface area contributed by atoms with E-state index in [4.69, 9.17) is 15.6 Å². The molecule has 17 heavy (non-hydrogen) atoms. The number of hydrogen-bond donors (Lipinski definition) is 2. The Labute approximate surface area is 97.4 Å². The lowest BCUT2D eigenvalue weighted by Gasteiger charge is -2.02. The van der Waals surface area contributed by atoms with Crippen molar-refractivity contribution < 1.29 is 19.4 Å². The molecule has 0 bridgehead atoms. The lowest BCUT2D eigenvalue weighted by atomic mass is 10.2.